The number of hydrogen-bond donors (Lipinski definition) is 1. The maximum absolute atomic E-state index is 5.80. The van der Waals surface area contributed by atoms with E-state index in [-0.39, 0.29) is 0 Å². The molecule has 0 unspecified atom stereocenters. The summed E-state index contributed by atoms with van der Waals surface area (Å²) in [6.07, 6.45) is 3.97. The summed E-state index contributed by atoms with van der Waals surface area (Å²) in [6, 6.07) is 3.95. The minimum absolute atomic E-state index is 0.678. The Bertz CT molecular complexity index is 595. The molecule has 0 spiro atoms. The van der Waals surface area contributed by atoms with E-state index in [4.69, 9.17) is 9.40 Å². The van der Waals surface area contributed by atoms with Gasteiger partial charge in [0.05, 0.1) is 9.26 Å². The lowest BCUT2D eigenvalue weighted by molar-refractivity contribution is 0.525. The number of hydrogen-bond acceptors (Lipinski definition) is 4. The van der Waals surface area contributed by atoms with Crippen LogP contribution in [-0.4, -0.2) is 16.5 Å². The summed E-state index contributed by atoms with van der Waals surface area (Å²) in [5, 5.41) is 3.39. The van der Waals surface area contributed by atoms with Gasteiger partial charge in [-0.1, -0.05) is 27.2 Å². The number of rotatable bonds is 7. The first-order valence-electron chi connectivity index (χ1n) is 7.58. The first-order valence-corrected chi connectivity index (χ1v) is 8.66. The van der Waals surface area contributed by atoms with Crippen molar-refractivity contribution in [3.63, 3.8) is 0 Å². The summed E-state index contributed by atoms with van der Waals surface area (Å²) in [5.41, 5.74) is 1.09. The lowest BCUT2D eigenvalue weighted by Crippen LogP contribution is -2.09. The third-order valence-corrected chi connectivity index (χ3v) is 4.31. The summed E-state index contributed by atoms with van der Waals surface area (Å²) < 4.78 is 6.92. The number of anilines is 1. The SMILES string of the molecule is CCCNc1nc(-c2ccc(CC)o2)nc(CCC)c1I. The van der Waals surface area contributed by atoms with Crippen LogP contribution >= 0.6 is 22.6 Å². The molecule has 0 radical (unpaired) electrons. The Labute approximate surface area is 139 Å². The van der Waals surface area contributed by atoms with Crippen molar-refractivity contribution in [2.24, 2.45) is 0 Å². The maximum Gasteiger partial charge on any atom is 0.197 e. The molecule has 0 saturated heterocycles. The molecule has 0 aliphatic rings. The van der Waals surface area contributed by atoms with Crippen LogP contribution < -0.4 is 5.32 Å². The van der Waals surface area contributed by atoms with E-state index >= 15 is 0 Å². The fourth-order valence-electron chi connectivity index (χ4n) is 2.05. The summed E-state index contributed by atoms with van der Waals surface area (Å²) in [5.74, 6) is 3.31. The molecule has 0 aliphatic heterocycles. The second-order valence-electron chi connectivity index (χ2n) is 4.95. The summed E-state index contributed by atoms with van der Waals surface area (Å²) in [4.78, 5) is 9.34. The van der Waals surface area contributed by atoms with Gasteiger partial charge < -0.3 is 9.73 Å². The molecule has 114 valence electrons. The van der Waals surface area contributed by atoms with Crippen LogP contribution in [0.2, 0.25) is 0 Å². The van der Waals surface area contributed by atoms with Crippen molar-refractivity contribution in [2.45, 2.75) is 46.5 Å². The number of furan rings is 1. The summed E-state index contributed by atoms with van der Waals surface area (Å²) >= 11 is 2.33. The molecule has 2 aromatic rings. The van der Waals surface area contributed by atoms with E-state index in [1.165, 1.54) is 0 Å². The third-order valence-electron chi connectivity index (χ3n) is 3.18. The van der Waals surface area contributed by atoms with E-state index in [9.17, 15) is 0 Å². The van der Waals surface area contributed by atoms with Gasteiger partial charge in [0, 0.05) is 13.0 Å². The van der Waals surface area contributed by atoms with E-state index < -0.39 is 0 Å². The Morgan fingerprint density at radius 2 is 1.95 bits per heavy atom. The Morgan fingerprint density at radius 3 is 2.57 bits per heavy atom. The van der Waals surface area contributed by atoms with E-state index in [1.807, 2.05) is 12.1 Å². The molecule has 0 aliphatic carbocycles. The van der Waals surface area contributed by atoms with Crippen molar-refractivity contribution < 1.29 is 4.42 Å². The predicted octanol–water partition coefficient (Wildman–Crippen LogP) is 4.68. The molecule has 5 heteroatoms. The van der Waals surface area contributed by atoms with Crippen LogP contribution in [0.4, 0.5) is 5.82 Å². The van der Waals surface area contributed by atoms with E-state index in [2.05, 4.69) is 53.7 Å². The summed E-state index contributed by atoms with van der Waals surface area (Å²) in [6.45, 7) is 7.30. The van der Waals surface area contributed by atoms with Gasteiger partial charge in [-0.05, 0) is 47.6 Å². The maximum atomic E-state index is 5.80. The normalized spacial score (nSPS) is 10.9. The molecular weight excluding hydrogens is 377 g/mol. The average Bonchev–Trinajstić information content (AvgIpc) is 2.97. The topological polar surface area (TPSA) is 51.0 Å². The van der Waals surface area contributed by atoms with E-state index in [0.717, 1.165) is 58.8 Å². The van der Waals surface area contributed by atoms with Crippen LogP contribution in [0.25, 0.3) is 11.6 Å². The van der Waals surface area contributed by atoms with Gasteiger partial charge in [0.25, 0.3) is 0 Å². The van der Waals surface area contributed by atoms with Gasteiger partial charge >= 0.3 is 0 Å². The van der Waals surface area contributed by atoms with Crippen molar-refractivity contribution in [1.29, 1.82) is 0 Å². The zero-order chi connectivity index (χ0) is 15.2. The number of nitrogens with zero attached hydrogens (tertiary/aromatic N) is 2. The van der Waals surface area contributed by atoms with Crippen molar-refractivity contribution in [2.75, 3.05) is 11.9 Å². The van der Waals surface area contributed by atoms with Gasteiger partial charge in [-0.25, -0.2) is 9.97 Å². The van der Waals surface area contributed by atoms with Gasteiger partial charge in [-0.15, -0.1) is 0 Å². The second kappa shape index (κ2) is 7.77. The number of aryl methyl sites for hydroxylation is 2. The lowest BCUT2D eigenvalue weighted by atomic mass is 10.2. The number of halogens is 1. The standard InChI is InChI=1S/C16H22IN3O/c1-4-7-12-14(17)16(18-10-5-2)20-15(19-12)13-9-8-11(6-3)21-13/h8-9H,4-7,10H2,1-3H3,(H,18,19,20). The highest BCUT2D eigenvalue weighted by atomic mass is 127. The highest BCUT2D eigenvalue weighted by molar-refractivity contribution is 14.1. The number of nitrogens with one attached hydrogen (secondary N) is 1. The van der Waals surface area contributed by atoms with Gasteiger partial charge in [0.15, 0.2) is 11.6 Å². The van der Waals surface area contributed by atoms with Crippen molar-refractivity contribution in [3.8, 4) is 11.6 Å². The second-order valence-corrected chi connectivity index (χ2v) is 6.03. The third kappa shape index (κ3) is 3.96. The fraction of sp³-hybridized carbons (Fsp3) is 0.500. The Kier molecular flexibility index (Phi) is 6.02. The van der Waals surface area contributed by atoms with Crippen LogP contribution in [-0.2, 0) is 12.8 Å². The summed E-state index contributed by atoms with van der Waals surface area (Å²) in [7, 11) is 0. The van der Waals surface area contributed by atoms with Crippen LogP contribution in [0.15, 0.2) is 16.5 Å². The zero-order valence-corrected chi connectivity index (χ0v) is 15.0. The molecule has 4 nitrogen and oxygen atoms in total. The first kappa shape index (κ1) is 16.3. The van der Waals surface area contributed by atoms with Gasteiger partial charge in [0.1, 0.15) is 11.6 Å². The predicted molar refractivity (Wildman–Crippen MR) is 94.6 cm³/mol. The number of aromatic nitrogens is 2. The van der Waals surface area contributed by atoms with Crippen molar-refractivity contribution in [3.05, 3.63) is 27.2 Å². The minimum Gasteiger partial charge on any atom is -0.458 e. The van der Waals surface area contributed by atoms with Crippen molar-refractivity contribution >= 4 is 28.4 Å². The molecule has 21 heavy (non-hydrogen) atoms. The highest BCUT2D eigenvalue weighted by Crippen LogP contribution is 2.26. The average molecular weight is 399 g/mol. The van der Waals surface area contributed by atoms with Gasteiger partial charge in [-0.2, -0.15) is 0 Å². The van der Waals surface area contributed by atoms with Crippen LogP contribution in [0, 0.1) is 3.57 Å². The largest absolute Gasteiger partial charge is 0.458 e. The molecule has 0 saturated carbocycles. The Hall–Kier alpha value is -1.11. The zero-order valence-electron chi connectivity index (χ0n) is 12.9. The molecule has 0 bridgehead atoms. The molecule has 0 fully saturated rings. The molecular formula is C16H22IN3O. The smallest absolute Gasteiger partial charge is 0.197 e. The van der Waals surface area contributed by atoms with E-state index in [1.54, 1.807) is 0 Å². The lowest BCUT2D eigenvalue weighted by Gasteiger charge is -2.11. The first-order chi connectivity index (χ1) is 10.2. The van der Waals surface area contributed by atoms with Crippen LogP contribution in [0.3, 0.4) is 0 Å². The molecule has 2 rings (SSSR count). The Morgan fingerprint density at radius 1 is 1.14 bits per heavy atom. The minimum atomic E-state index is 0.678. The molecule has 0 aromatic carbocycles. The van der Waals surface area contributed by atoms with Gasteiger partial charge in [-0.3, -0.25) is 0 Å². The molecule has 2 aromatic heterocycles. The van der Waals surface area contributed by atoms with Gasteiger partial charge in [0.2, 0.25) is 0 Å². The molecule has 1 N–H and O–H groups in total. The molecule has 0 amide bonds. The molecule has 0 atom stereocenters. The monoisotopic (exact) mass is 399 g/mol. The van der Waals surface area contributed by atoms with Crippen LogP contribution in [0.5, 0.6) is 0 Å². The van der Waals surface area contributed by atoms with E-state index in [0.29, 0.717) is 5.82 Å². The quantitative estimate of drug-likeness (QED) is 0.687. The fourth-order valence-corrected chi connectivity index (χ4v) is 2.76. The van der Waals surface area contributed by atoms with Crippen molar-refractivity contribution in [1.82, 2.24) is 9.97 Å². The molecule has 2 heterocycles. The van der Waals surface area contributed by atoms with Crippen LogP contribution in [0.1, 0.15) is 45.1 Å². The highest BCUT2D eigenvalue weighted by Gasteiger charge is 2.15. The Balaban J connectivity index is 2.41.